The van der Waals surface area contributed by atoms with Crippen LogP contribution in [0.3, 0.4) is 0 Å². The Morgan fingerprint density at radius 3 is 2.19 bits per heavy atom. The maximum absolute atomic E-state index is 13.0. The number of hydrogen-bond acceptors (Lipinski definition) is 8. The highest BCUT2D eigenvalue weighted by atomic mass is 32.2. The van der Waals surface area contributed by atoms with Gasteiger partial charge in [-0.25, -0.2) is 13.2 Å². The van der Waals surface area contributed by atoms with Crippen LogP contribution in [-0.2, 0) is 30.8 Å². The van der Waals surface area contributed by atoms with Crippen molar-refractivity contribution >= 4 is 49.4 Å². The smallest absolute Gasteiger partial charge is 0.337 e. The molecule has 0 unspecified atom stereocenters. The highest BCUT2D eigenvalue weighted by Gasteiger charge is 2.23. The van der Waals surface area contributed by atoms with E-state index in [-0.39, 0.29) is 34.9 Å². The average Bonchev–Trinajstić information content (AvgIpc) is 3.23. The Balaban J connectivity index is 2.02. The molecule has 0 radical (unpaired) electrons. The molecule has 12 heteroatoms. The zero-order valence-corrected chi connectivity index (χ0v) is 21.9. The lowest BCUT2D eigenvalue weighted by atomic mass is 10.2. The Morgan fingerprint density at radius 2 is 1.62 bits per heavy atom. The summed E-state index contributed by atoms with van der Waals surface area (Å²) in [6.07, 6.45) is 2.95. The Hall–Kier alpha value is -3.87. The number of amides is 1. The molecule has 194 valence electrons. The molecule has 0 atom stereocenters. The first-order chi connectivity index (χ1) is 17.7. The molecule has 1 aromatic heterocycles. The highest BCUT2D eigenvalue weighted by Crippen LogP contribution is 2.21. The van der Waals surface area contributed by atoms with E-state index in [1.165, 1.54) is 59.5 Å². The van der Waals surface area contributed by atoms with Crippen LogP contribution in [0.2, 0.25) is 0 Å². The average molecular weight is 544 g/mol. The second kappa shape index (κ2) is 11.9. The predicted molar refractivity (Wildman–Crippen MR) is 139 cm³/mol. The minimum absolute atomic E-state index is 0.00528. The largest absolute Gasteiger partial charge is 0.468 e. The van der Waals surface area contributed by atoms with Crippen LogP contribution < -0.4 is 4.80 Å². The lowest BCUT2D eigenvalue weighted by molar-refractivity contribution is -0.141. The molecule has 0 aliphatic carbocycles. The number of thiazole rings is 1. The van der Waals surface area contributed by atoms with Gasteiger partial charge in [0.05, 0.1) is 34.9 Å². The first-order valence-corrected chi connectivity index (χ1v) is 13.1. The van der Waals surface area contributed by atoms with E-state index >= 15 is 0 Å². The van der Waals surface area contributed by atoms with Crippen LogP contribution in [0.4, 0.5) is 0 Å². The molecule has 0 fully saturated rings. The van der Waals surface area contributed by atoms with Gasteiger partial charge in [-0.1, -0.05) is 23.5 Å². The van der Waals surface area contributed by atoms with Gasteiger partial charge in [-0.05, 0) is 42.5 Å². The summed E-state index contributed by atoms with van der Waals surface area (Å²) in [5.74, 6) is -1.72. The van der Waals surface area contributed by atoms with Crippen LogP contribution in [0.1, 0.15) is 20.7 Å². The maximum Gasteiger partial charge on any atom is 0.337 e. The van der Waals surface area contributed by atoms with Gasteiger partial charge in [0.1, 0.15) is 6.54 Å². The summed E-state index contributed by atoms with van der Waals surface area (Å²) in [7, 11) is -1.31. The van der Waals surface area contributed by atoms with Gasteiger partial charge < -0.3 is 14.0 Å². The van der Waals surface area contributed by atoms with E-state index < -0.39 is 27.9 Å². The molecule has 10 nitrogen and oxygen atoms in total. The molecule has 0 bridgehead atoms. The van der Waals surface area contributed by atoms with Crippen molar-refractivity contribution in [2.24, 2.45) is 4.99 Å². The van der Waals surface area contributed by atoms with E-state index in [9.17, 15) is 22.8 Å². The van der Waals surface area contributed by atoms with Crippen molar-refractivity contribution in [2.45, 2.75) is 11.4 Å². The van der Waals surface area contributed by atoms with E-state index in [4.69, 9.17) is 9.47 Å². The van der Waals surface area contributed by atoms with Gasteiger partial charge in [0.15, 0.2) is 4.80 Å². The van der Waals surface area contributed by atoms with Crippen LogP contribution in [0.25, 0.3) is 10.2 Å². The molecule has 2 aromatic carbocycles. The number of sulfonamides is 1. The summed E-state index contributed by atoms with van der Waals surface area (Å²) in [5.41, 5.74) is 1.02. The Morgan fingerprint density at radius 1 is 1.00 bits per heavy atom. The van der Waals surface area contributed by atoms with E-state index in [0.717, 1.165) is 11.3 Å². The third-order valence-corrected chi connectivity index (χ3v) is 8.11. The first-order valence-electron chi connectivity index (χ1n) is 10.9. The number of esters is 2. The number of ether oxygens (including phenoxy) is 2. The topological polar surface area (TPSA) is 124 Å². The number of nitrogens with zero attached hydrogens (tertiary/aromatic N) is 3. The second-order valence-electron chi connectivity index (χ2n) is 7.56. The SMILES string of the molecule is C=CCN(CC=C)S(=O)(=O)c1ccc(C(=O)N=c2sc3cc(C(=O)OC)ccc3n2CC(=O)OC)cc1. The van der Waals surface area contributed by atoms with E-state index in [2.05, 4.69) is 18.2 Å². The summed E-state index contributed by atoms with van der Waals surface area (Å²) in [6, 6.07) is 10.1. The monoisotopic (exact) mass is 543 g/mol. The number of benzene rings is 2. The normalized spacial score (nSPS) is 11.9. The molecule has 0 N–H and O–H groups in total. The van der Waals surface area contributed by atoms with Gasteiger partial charge >= 0.3 is 11.9 Å². The van der Waals surface area contributed by atoms with Gasteiger partial charge in [-0.3, -0.25) is 9.59 Å². The van der Waals surface area contributed by atoms with Gasteiger partial charge in [-0.15, -0.1) is 13.2 Å². The standard InChI is InChI=1S/C25H25N3O7S2/c1-5-13-27(14-6-2)37(32,33)19-10-7-17(8-11-19)23(30)26-25-28(16-22(29)34-3)20-12-9-18(24(31)35-4)15-21(20)36-25/h5-12,15H,1-2,13-14,16H2,3-4H3. The molecular formula is C25H25N3O7S2. The summed E-state index contributed by atoms with van der Waals surface area (Å²) in [5, 5.41) is 0. The van der Waals surface area contributed by atoms with Gasteiger partial charge in [0.25, 0.3) is 5.91 Å². The molecule has 0 saturated carbocycles. The third-order valence-electron chi connectivity index (χ3n) is 5.22. The fourth-order valence-electron chi connectivity index (χ4n) is 3.38. The number of rotatable bonds is 10. The molecule has 3 rings (SSSR count). The maximum atomic E-state index is 13.0. The lowest BCUT2D eigenvalue weighted by Crippen LogP contribution is -2.31. The fourth-order valence-corrected chi connectivity index (χ4v) is 5.83. The lowest BCUT2D eigenvalue weighted by Gasteiger charge is -2.19. The molecule has 0 aliphatic rings. The van der Waals surface area contributed by atoms with Crippen molar-refractivity contribution in [2.75, 3.05) is 27.3 Å². The van der Waals surface area contributed by atoms with Crippen molar-refractivity contribution in [3.8, 4) is 0 Å². The van der Waals surface area contributed by atoms with Crippen LogP contribution in [0.5, 0.6) is 0 Å². The van der Waals surface area contributed by atoms with Crippen LogP contribution >= 0.6 is 11.3 Å². The molecular weight excluding hydrogens is 518 g/mol. The van der Waals surface area contributed by atoms with Crippen molar-refractivity contribution in [3.63, 3.8) is 0 Å². The van der Waals surface area contributed by atoms with Crippen molar-refractivity contribution in [1.29, 1.82) is 0 Å². The molecule has 1 heterocycles. The van der Waals surface area contributed by atoms with Crippen molar-refractivity contribution in [1.82, 2.24) is 8.87 Å². The van der Waals surface area contributed by atoms with E-state index in [1.54, 1.807) is 18.2 Å². The Kier molecular flexibility index (Phi) is 8.92. The highest BCUT2D eigenvalue weighted by molar-refractivity contribution is 7.89. The predicted octanol–water partition coefficient (Wildman–Crippen LogP) is 2.77. The third kappa shape index (κ3) is 6.10. The minimum Gasteiger partial charge on any atom is -0.468 e. The molecule has 1 amide bonds. The molecule has 37 heavy (non-hydrogen) atoms. The summed E-state index contributed by atoms with van der Waals surface area (Å²) in [6.45, 7) is 7.16. The van der Waals surface area contributed by atoms with Gasteiger partial charge in [-0.2, -0.15) is 9.30 Å². The van der Waals surface area contributed by atoms with Crippen LogP contribution in [0.15, 0.2) is 77.7 Å². The Labute approximate surface area is 217 Å². The molecule has 3 aromatic rings. The number of hydrogen-bond donors (Lipinski definition) is 0. The summed E-state index contributed by atoms with van der Waals surface area (Å²) in [4.78, 5) is 41.3. The van der Waals surface area contributed by atoms with Crippen LogP contribution in [-0.4, -0.2) is 62.4 Å². The van der Waals surface area contributed by atoms with Crippen LogP contribution in [0, 0.1) is 0 Å². The second-order valence-corrected chi connectivity index (χ2v) is 10.5. The number of fused-ring (bicyclic) bond motifs is 1. The molecule has 0 spiro atoms. The Bertz CT molecular complexity index is 1520. The minimum atomic E-state index is -3.82. The summed E-state index contributed by atoms with van der Waals surface area (Å²) < 4.78 is 38.6. The number of methoxy groups -OCH3 is 2. The number of carbonyl (C=O) groups excluding carboxylic acids is 3. The summed E-state index contributed by atoms with van der Waals surface area (Å²) >= 11 is 1.10. The van der Waals surface area contributed by atoms with Crippen molar-refractivity contribution in [3.05, 3.63) is 83.7 Å². The quantitative estimate of drug-likeness (QED) is 0.284. The van der Waals surface area contributed by atoms with E-state index in [0.29, 0.717) is 15.8 Å². The zero-order chi connectivity index (χ0) is 27.2. The zero-order valence-electron chi connectivity index (χ0n) is 20.2. The number of carbonyl (C=O) groups is 3. The fraction of sp³-hybridized carbons (Fsp3) is 0.200. The van der Waals surface area contributed by atoms with Gasteiger partial charge in [0.2, 0.25) is 10.0 Å². The first kappa shape index (κ1) is 27.7. The van der Waals surface area contributed by atoms with Crippen molar-refractivity contribution < 1.29 is 32.3 Å². The van der Waals surface area contributed by atoms with E-state index in [1.807, 2.05) is 0 Å². The molecule has 0 saturated heterocycles. The molecule has 0 aliphatic heterocycles. The number of aromatic nitrogens is 1. The van der Waals surface area contributed by atoms with Gasteiger partial charge in [0, 0.05) is 18.7 Å².